The van der Waals surface area contributed by atoms with Gasteiger partial charge < -0.3 is 10.1 Å². The Balaban J connectivity index is 3.53. The van der Waals surface area contributed by atoms with Gasteiger partial charge in [-0.05, 0) is 6.42 Å². The number of ketones is 1. The maximum Gasteiger partial charge on any atom is 0.220 e. The van der Waals surface area contributed by atoms with E-state index in [1.165, 1.54) is 25.5 Å². The third-order valence-electron chi connectivity index (χ3n) is 2.65. The lowest BCUT2D eigenvalue weighted by Gasteiger charge is -2.04. The number of nitrogens with one attached hydrogen (secondary N) is 1. The van der Waals surface area contributed by atoms with Crippen molar-refractivity contribution in [3.8, 4) is 0 Å². The number of hydrogen-bond acceptors (Lipinski definition) is 3. The van der Waals surface area contributed by atoms with E-state index in [-0.39, 0.29) is 24.8 Å². The van der Waals surface area contributed by atoms with Gasteiger partial charge in [0.1, 0.15) is 26.6 Å². The summed E-state index contributed by atoms with van der Waals surface area (Å²) in [5.41, 5.74) is 0. The van der Waals surface area contributed by atoms with E-state index in [9.17, 15) is 9.59 Å². The number of unbranched alkanes of at least 4 members (excludes halogenated alkanes) is 4. The van der Waals surface area contributed by atoms with E-state index in [2.05, 4.69) is 19.0 Å². The van der Waals surface area contributed by atoms with E-state index in [1.54, 1.807) is 17.8 Å². The fraction of sp³-hybridized carbons (Fsp3) is 0.667. The van der Waals surface area contributed by atoms with Gasteiger partial charge in [-0.2, -0.15) is 0 Å². The van der Waals surface area contributed by atoms with Gasteiger partial charge in [0.05, 0.1) is 6.54 Å². The van der Waals surface area contributed by atoms with Gasteiger partial charge in [-0.1, -0.05) is 32.6 Å². The molecule has 0 atom stereocenters. The highest BCUT2D eigenvalue weighted by Gasteiger charge is 2.05. The molecule has 114 valence electrons. The van der Waals surface area contributed by atoms with Crippen molar-refractivity contribution in [2.24, 2.45) is 0 Å². The molecule has 0 aromatic heterocycles. The highest BCUT2D eigenvalue weighted by molar-refractivity contribution is 5.86. The van der Waals surface area contributed by atoms with Gasteiger partial charge in [0.15, 0.2) is 5.78 Å². The van der Waals surface area contributed by atoms with Crippen molar-refractivity contribution in [2.75, 3.05) is 20.2 Å². The van der Waals surface area contributed by atoms with Crippen LogP contribution < -0.4 is 5.32 Å². The summed E-state index contributed by atoms with van der Waals surface area (Å²) in [6.45, 7) is 5.73. The first-order valence-corrected chi connectivity index (χ1v) is 7.16. The molecule has 0 fully saturated rings. The molecule has 0 heterocycles. The zero-order valence-electron chi connectivity index (χ0n) is 12.7. The normalized spacial score (nSPS) is 10.5. The Hall–Kier alpha value is -1.65. The predicted octanol–water partition coefficient (Wildman–Crippen LogP) is 1.86. The summed E-state index contributed by atoms with van der Waals surface area (Å²) in [7, 11) is 1.75. The van der Waals surface area contributed by atoms with Crippen molar-refractivity contribution in [3.05, 3.63) is 12.5 Å². The minimum atomic E-state index is -0.152. The van der Waals surface area contributed by atoms with Gasteiger partial charge >= 0.3 is 0 Å². The molecule has 0 aliphatic carbocycles. The molecular weight excluding hydrogens is 256 g/mol. The molecule has 0 saturated heterocycles. The smallest absolute Gasteiger partial charge is 0.220 e. The zero-order chi connectivity index (χ0) is 15.2. The number of Topliss-reactive ketones (excluding diaryl/α,β-unsaturated/α-hetero) is 1. The molecule has 0 aromatic rings. The summed E-state index contributed by atoms with van der Waals surface area (Å²) >= 11 is 0. The van der Waals surface area contributed by atoms with Gasteiger partial charge in [0.2, 0.25) is 12.1 Å². The van der Waals surface area contributed by atoms with Gasteiger partial charge in [0.25, 0.3) is 0 Å². The Morgan fingerprint density at radius 3 is 2.60 bits per heavy atom. The second-order valence-electron chi connectivity index (χ2n) is 4.83. The molecule has 1 amide bonds. The van der Waals surface area contributed by atoms with Crippen LogP contribution in [0.5, 0.6) is 0 Å². The molecule has 0 spiro atoms. The lowest BCUT2D eigenvalue weighted by atomic mass is 10.1. The lowest BCUT2D eigenvalue weighted by molar-refractivity contribution is -0.413. The van der Waals surface area contributed by atoms with Crippen molar-refractivity contribution in [2.45, 2.75) is 45.4 Å². The van der Waals surface area contributed by atoms with Crippen LogP contribution in [0.1, 0.15) is 45.4 Å². The number of carbonyl (C=O) groups excluding carboxylic acids is 2. The molecule has 0 aliphatic heterocycles. The molecule has 5 nitrogen and oxygen atoms in total. The Bertz CT molecular complexity index is 338. The first-order valence-electron chi connectivity index (χ1n) is 7.16. The molecule has 0 aromatic carbocycles. The van der Waals surface area contributed by atoms with Crippen molar-refractivity contribution in [3.63, 3.8) is 0 Å². The molecule has 20 heavy (non-hydrogen) atoms. The van der Waals surface area contributed by atoms with E-state index in [0.717, 1.165) is 12.8 Å². The zero-order valence-corrected chi connectivity index (χ0v) is 12.7. The summed E-state index contributed by atoms with van der Waals surface area (Å²) in [5.74, 6) is -0.219. The summed E-state index contributed by atoms with van der Waals surface area (Å²) in [6, 6.07) is 0. The van der Waals surface area contributed by atoms with Crippen LogP contribution >= 0.6 is 0 Å². The van der Waals surface area contributed by atoms with Gasteiger partial charge in [-0.3, -0.25) is 9.59 Å². The maximum atomic E-state index is 11.5. The number of nitrogens with zero attached hydrogens (tertiary/aromatic N) is 1. The summed E-state index contributed by atoms with van der Waals surface area (Å²) in [4.78, 5) is 22.9. The Kier molecular flexibility index (Phi) is 11.4. The first kappa shape index (κ1) is 18.4. The summed E-state index contributed by atoms with van der Waals surface area (Å²) in [6.07, 6.45) is 9.03. The minimum absolute atomic E-state index is 0.0296. The molecule has 0 saturated carbocycles. The van der Waals surface area contributed by atoms with Crippen LogP contribution in [0.3, 0.4) is 0 Å². The van der Waals surface area contributed by atoms with E-state index in [1.807, 2.05) is 0 Å². The van der Waals surface area contributed by atoms with Gasteiger partial charge in [0, 0.05) is 6.42 Å². The maximum absolute atomic E-state index is 11.5. The summed E-state index contributed by atoms with van der Waals surface area (Å²) in [5, 5.41) is 2.61. The number of carbonyl (C=O) groups is 2. The summed E-state index contributed by atoms with van der Waals surface area (Å²) < 4.78 is 6.56. The van der Waals surface area contributed by atoms with E-state index in [0.29, 0.717) is 6.42 Å². The quantitative estimate of drug-likeness (QED) is 0.257. The number of hydrogen-bond donors (Lipinski definition) is 1. The number of ether oxygens (including phenoxy) is 1. The van der Waals surface area contributed by atoms with Crippen molar-refractivity contribution >= 4 is 18.4 Å². The van der Waals surface area contributed by atoms with E-state index in [4.69, 9.17) is 4.74 Å². The average Bonchev–Trinajstić information content (AvgIpc) is 2.41. The van der Waals surface area contributed by atoms with Crippen LogP contribution in [0, 0.1) is 0 Å². The van der Waals surface area contributed by atoms with Gasteiger partial charge in [-0.25, -0.2) is 4.58 Å². The van der Waals surface area contributed by atoms with Crippen molar-refractivity contribution in [1.82, 2.24) is 5.32 Å². The second-order valence-corrected chi connectivity index (χ2v) is 4.83. The highest BCUT2D eigenvalue weighted by atomic mass is 16.5. The minimum Gasteiger partial charge on any atom is -0.487 e. The van der Waals surface area contributed by atoms with Crippen LogP contribution in [-0.2, 0) is 14.3 Å². The molecule has 0 radical (unpaired) electrons. The molecule has 1 N–H and O–H groups in total. The van der Waals surface area contributed by atoms with Crippen LogP contribution in [0.4, 0.5) is 0 Å². The molecular formula is C15H27N2O3+. The topological polar surface area (TPSA) is 58.4 Å². The van der Waals surface area contributed by atoms with Crippen molar-refractivity contribution < 1.29 is 18.9 Å². The van der Waals surface area contributed by atoms with Crippen molar-refractivity contribution in [1.29, 1.82) is 0 Å². The predicted molar refractivity (Wildman–Crippen MR) is 79.8 cm³/mol. The number of rotatable bonds is 12. The SMILES string of the molecule is C=[N+](C)/C=C\OCC(=O)CNC(=O)CCCCCCC. The van der Waals surface area contributed by atoms with E-state index >= 15 is 0 Å². The fourth-order valence-corrected chi connectivity index (χ4v) is 1.51. The Morgan fingerprint density at radius 2 is 1.95 bits per heavy atom. The highest BCUT2D eigenvalue weighted by Crippen LogP contribution is 2.04. The van der Waals surface area contributed by atoms with E-state index < -0.39 is 0 Å². The van der Waals surface area contributed by atoms with Crippen LogP contribution in [0.2, 0.25) is 0 Å². The van der Waals surface area contributed by atoms with Crippen LogP contribution in [0.25, 0.3) is 0 Å². The van der Waals surface area contributed by atoms with Gasteiger partial charge in [-0.15, -0.1) is 0 Å². The lowest BCUT2D eigenvalue weighted by Crippen LogP contribution is -2.30. The van der Waals surface area contributed by atoms with Crippen LogP contribution in [0.15, 0.2) is 12.5 Å². The molecule has 5 heteroatoms. The second kappa shape index (κ2) is 12.4. The Morgan fingerprint density at radius 1 is 1.25 bits per heavy atom. The molecule has 0 bridgehead atoms. The fourth-order valence-electron chi connectivity index (χ4n) is 1.51. The molecule has 0 rings (SSSR count). The molecule has 0 aliphatic rings. The van der Waals surface area contributed by atoms with Crippen LogP contribution in [-0.4, -0.2) is 43.2 Å². The standard InChI is InChI=1S/C15H26N2O3/c1-4-5-6-7-8-9-15(19)16-12-14(18)13-20-11-10-17(2)3/h10-11H,2,4-9,12-13H2,1,3H3/p+1/b11-10-. The Labute approximate surface area is 121 Å². The average molecular weight is 283 g/mol. The monoisotopic (exact) mass is 283 g/mol. The number of amides is 1. The third kappa shape index (κ3) is 12.8. The third-order valence-corrected chi connectivity index (χ3v) is 2.65. The largest absolute Gasteiger partial charge is 0.487 e. The molecule has 0 unspecified atom stereocenters. The first-order chi connectivity index (χ1) is 9.56.